The third-order valence-electron chi connectivity index (χ3n) is 0.386. The van der Waals surface area contributed by atoms with Crippen LogP contribution in [0.4, 0.5) is 0 Å². The molecule has 0 aromatic carbocycles. The van der Waals surface area contributed by atoms with Gasteiger partial charge in [-0.1, -0.05) is 0 Å². The number of hydrogen-bond acceptors (Lipinski definition) is 4. The van der Waals surface area contributed by atoms with Gasteiger partial charge in [0.25, 0.3) is 0 Å². The Morgan fingerprint density at radius 2 is 1.67 bits per heavy atom. The van der Waals surface area contributed by atoms with Gasteiger partial charge in [-0.2, -0.15) is 0 Å². The lowest BCUT2D eigenvalue weighted by molar-refractivity contribution is -0.347. The van der Waals surface area contributed by atoms with Crippen LogP contribution in [-0.2, 0) is 9.09 Å². The van der Waals surface area contributed by atoms with E-state index in [4.69, 9.17) is 0 Å². The van der Waals surface area contributed by atoms with Crippen LogP contribution in [0.5, 0.6) is 0 Å². The van der Waals surface area contributed by atoms with Crippen molar-refractivity contribution in [2.24, 2.45) is 0 Å². The standard InChI is InChI=1S/C4H11O4P/c1-4(2,3)8-9(5,6)7/h1-3H3,(H2,5,6,7)/p-2. The molecular weight excluding hydrogens is 143 g/mol. The minimum atomic E-state index is -4.79. The van der Waals surface area contributed by atoms with Crippen LogP contribution >= 0.6 is 7.82 Å². The molecule has 0 amide bonds. The summed E-state index contributed by atoms with van der Waals surface area (Å²) in [6, 6.07) is 0. The van der Waals surface area contributed by atoms with Crippen molar-refractivity contribution >= 4 is 7.82 Å². The highest BCUT2D eigenvalue weighted by Crippen LogP contribution is 2.31. The van der Waals surface area contributed by atoms with Crippen LogP contribution in [0, 0.1) is 0 Å². The summed E-state index contributed by atoms with van der Waals surface area (Å²) in [5, 5.41) is 0. The van der Waals surface area contributed by atoms with Crippen molar-refractivity contribution < 1.29 is 18.9 Å². The SMILES string of the molecule is CC(C)(C)OP(=O)([O-])[O-]. The molecule has 0 aromatic rings. The van der Waals surface area contributed by atoms with E-state index in [1.165, 1.54) is 20.8 Å². The Kier molecular flexibility index (Phi) is 2.41. The Morgan fingerprint density at radius 3 is 1.67 bits per heavy atom. The molecule has 0 saturated heterocycles. The lowest BCUT2D eigenvalue weighted by Crippen LogP contribution is -2.26. The van der Waals surface area contributed by atoms with Gasteiger partial charge in [-0.05, 0) is 20.8 Å². The highest BCUT2D eigenvalue weighted by atomic mass is 31.2. The lowest BCUT2D eigenvalue weighted by Gasteiger charge is -2.35. The first-order valence-corrected chi connectivity index (χ1v) is 3.90. The summed E-state index contributed by atoms with van der Waals surface area (Å²) in [4.78, 5) is 19.8. The zero-order chi connectivity index (χ0) is 7.71. The smallest absolute Gasteiger partial charge is 0.0650 e. The van der Waals surface area contributed by atoms with Crippen LogP contribution < -0.4 is 9.79 Å². The number of rotatable bonds is 1. The Hall–Kier alpha value is 0.110. The third kappa shape index (κ3) is 8.11. The second kappa shape index (κ2) is 2.39. The van der Waals surface area contributed by atoms with Crippen molar-refractivity contribution in [2.45, 2.75) is 26.4 Å². The molecule has 0 atom stereocenters. The maximum absolute atomic E-state index is 9.90. The Balaban J connectivity index is 3.90. The minimum absolute atomic E-state index is 0.904. The van der Waals surface area contributed by atoms with E-state index in [0.29, 0.717) is 0 Å². The maximum atomic E-state index is 9.90. The van der Waals surface area contributed by atoms with Gasteiger partial charge in [0, 0.05) is 0 Å². The molecule has 0 aliphatic heterocycles. The normalized spacial score (nSPS) is 13.9. The molecule has 0 fully saturated rings. The quantitative estimate of drug-likeness (QED) is 0.480. The molecule has 0 unspecified atom stereocenters. The van der Waals surface area contributed by atoms with Gasteiger partial charge >= 0.3 is 0 Å². The molecule has 0 bridgehead atoms. The summed E-state index contributed by atoms with van der Waals surface area (Å²) in [6.45, 7) is 4.49. The number of hydrogen-bond donors (Lipinski definition) is 0. The van der Waals surface area contributed by atoms with Crippen LogP contribution in [0.1, 0.15) is 20.8 Å². The van der Waals surface area contributed by atoms with Crippen molar-refractivity contribution in [2.75, 3.05) is 0 Å². The van der Waals surface area contributed by atoms with Crippen molar-refractivity contribution in [3.63, 3.8) is 0 Å². The molecule has 0 aromatic heterocycles. The molecule has 0 spiro atoms. The Morgan fingerprint density at radius 1 is 1.33 bits per heavy atom. The highest BCUT2D eigenvalue weighted by molar-refractivity contribution is 7.43. The minimum Gasteiger partial charge on any atom is -0.790 e. The fraction of sp³-hybridized carbons (Fsp3) is 1.00. The third-order valence-corrected chi connectivity index (χ3v) is 1.16. The first kappa shape index (κ1) is 9.11. The topological polar surface area (TPSA) is 72.4 Å². The van der Waals surface area contributed by atoms with E-state index in [9.17, 15) is 14.4 Å². The van der Waals surface area contributed by atoms with Gasteiger partial charge in [-0.25, -0.2) is 0 Å². The average molecular weight is 152 g/mol. The molecule has 5 heteroatoms. The van der Waals surface area contributed by atoms with Crippen LogP contribution in [0.3, 0.4) is 0 Å². The predicted molar refractivity (Wildman–Crippen MR) is 28.4 cm³/mol. The highest BCUT2D eigenvalue weighted by Gasteiger charge is 2.11. The molecule has 0 aliphatic rings. The van der Waals surface area contributed by atoms with Gasteiger partial charge in [-0.15, -0.1) is 0 Å². The molecule has 0 rings (SSSR count). The fourth-order valence-corrected chi connectivity index (χ4v) is 1.01. The first-order chi connectivity index (χ1) is 3.71. The van der Waals surface area contributed by atoms with Crippen LogP contribution in [0.2, 0.25) is 0 Å². The largest absolute Gasteiger partial charge is 0.790 e. The van der Waals surface area contributed by atoms with Crippen molar-refractivity contribution in [3.05, 3.63) is 0 Å². The molecule has 9 heavy (non-hydrogen) atoms. The molecule has 4 nitrogen and oxygen atoms in total. The Bertz CT molecular complexity index is 130. The molecule has 0 N–H and O–H groups in total. The van der Waals surface area contributed by atoms with Crippen molar-refractivity contribution in [1.82, 2.24) is 0 Å². The summed E-state index contributed by atoms with van der Waals surface area (Å²) >= 11 is 0. The fourth-order valence-electron chi connectivity index (χ4n) is 0.335. The predicted octanol–water partition coefficient (Wildman–Crippen LogP) is -0.370. The second-order valence-electron chi connectivity index (χ2n) is 2.65. The van der Waals surface area contributed by atoms with Gasteiger partial charge < -0.3 is 18.9 Å². The molecule has 0 radical (unpaired) electrons. The van der Waals surface area contributed by atoms with E-state index < -0.39 is 13.4 Å². The first-order valence-electron chi connectivity index (χ1n) is 2.43. The maximum Gasteiger partial charge on any atom is 0.0650 e. The molecule has 0 heterocycles. The van der Waals surface area contributed by atoms with E-state index in [-0.39, 0.29) is 0 Å². The molecule has 56 valence electrons. The van der Waals surface area contributed by atoms with E-state index in [1.807, 2.05) is 0 Å². The molecule has 0 saturated carbocycles. The van der Waals surface area contributed by atoms with Gasteiger partial charge in [-0.3, -0.25) is 0 Å². The zero-order valence-electron chi connectivity index (χ0n) is 5.58. The zero-order valence-corrected chi connectivity index (χ0v) is 6.47. The summed E-state index contributed by atoms with van der Waals surface area (Å²) in [5.74, 6) is 0. The number of phosphoric acid groups is 1. The van der Waals surface area contributed by atoms with Crippen LogP contribution in [0.25, 0.3) is 0 Å². The second-order valence-corrected chi connectivity index (χ2v) is 3.73. The molecule has 0 aliphatic carbocycles. The summed E-state index contributed by atoms with van der Waals surface area (Å²) in [5.41, 5.74) is -0.904. The summed E-state index contributed by atoms with van der Waals surface area (Å²) in [7, 11) is -4.79. The lowest BCUT2D eigenvalue weighted by atomic mass is 10.2. The summed E-state index contributed by atoms with van der Waals surface area (Å²) in [6.07, 6.45) is 0. The van der Waals surface area contributed by atoms with E-state index in [1.54, 1.807) is 0 Å². The average Bonchev–Trinajstić information content (AvgIpc) is 1.14. The number of phosphoric ester groups is 1. The van der Waals surface area contributed by atoms with E-state index >= 15 is 0 Å². The molecular formula is C4H9O4P-2. The van der Waals surface area contributed by atoms with E-state index in [0.717, 1.165) is 0 Å². The monoisotopic (exact) mass is 152 g/mol. The van der Waals surface area contributed by atoms with Gasteiger partial charge in [0.05, 0.1) is 13.4 Å². The van der Waals surface area contributed by atoms with Crippen LogP contribution in [0.15, 0.2) is 0 Å². The van der Waals surface area contributed by atoms with Gasteiger partial charge in [0.15, 0.2) is 0 Å². The van der Waals surface area contributed by atoms with Crippen molar-refractivity contribution in [3.8, 4) is 0 Å². The van der Waals surface area contributed by atoms with Gasteiger partial charge in [0.2, 0.25) is 0 Å². The van der Waals surface area contributed by atoms with E-state index in [2.05, 4.69) is 4.52 Å². The van der Waals surface area contributed by atoms with Crippen LogP contribution in [-0.4, -0.2) is 5.60 Å². The Labute approximate surface area is 54.1 Å². The van der Waals surface area contributed by atoms with Gasteiger partial charge in [0.1, 0.15) is 0 Å². The summed E-state index contributed by atoms with van der Waals surface area (Å²) < 4.78 is 14.0. The van der Waals surface area contributed by atoms with Crippen molar-refractivity contribution in [1.29, 1.82) is 0 Å².